The molecule has 0 aliphatic carbocycles. The van der Waals surface area contributed by atoms with Crippen molar-refractivity contribution in [1.29, 1.82) is 0 Å². The monoisotopic (exact) mass is 1450 g/mol. The summed E-state index contributed by atoms with van der Waals surface area (Å²) < 4.78 is 68.3. The van der Waals surface area contributed by atoms with Gasteiger partial charge >= 0.3 is 39.5 Å². The van der Waals surface area contributed by atoms with Crippen LogP contribution in [0.2, 0.25) is 0 Å². The molecule has 99 heavy (non-hydrogen) atoms. The second kappa shape index (κ2) is 73.0. The number of carbonyl (C=O) groups is 4. The molecular formula is C80H156O17P2. The maximum absolute atomic E-state index is 13.1. The molecule has 0 amide bonds. The highest BCUT2D eigenvalue weighted by atomic mass is 31.2. The summed E-state index contributed by atoms with van der Waals surface area (Å²) in [6, 6.07) is 0. The van der Waals surface area contributed by atoms with Crippen LogP contribution >= 0.6 is 15.6 Å². The third-order valence-corrected chi connectivity index (χ3v) is 21.0. The van der Waals surface area contributed by atoms with E-state index in [1.165, 1.54) is 244 Å². The lowest BCUT2D eigenvalue weighted by molar-refractivity contribution is -0.161. The first-order chi connectivity index (χ1) is 48.1. The molecule has 3 unspecified atom stereocenters. The fourth-order valence-corrected chi connectivity index (χ4v) is 14.0. The summed E-state index contributed by atoms with van der Waals surface area (Å²) in [6.07, 6.45) is 64.8. The van der Waals surface area contributed by atoms with E-state index in [-0.39, 0.29) is 25.7 Å². The van der Waals surface area contributed by atoms with Crippen LogP contribution < -0.4 is 0 Å². The van der Waals surface area contributed by atoms with E-state index in [9.17, 15) is 43.2 Å². The molecule has 0 radical (unpaired) electrons. The topological polar surface area (TPSA) is 237 Å². The molecule has 6 atom stereocenters. The van der Waals surface area contributed by atoms with Crippen molar-refractivity contribution in [2.24, 2.45) is 5.92 Å². The molecule has 0 saturated heterocycles. The van der Waals surface area contributed by atoms with Crippen molar-refractivity contribution in [3.05, 3.63) is 0 Å². The number of aliphatic hydroxyl groups is 1. The zero-order valence-electron chi connectivity index (χ0n) is 64.6. The van der Waals surface area contributed by atoms with Crippen molar-refractivity contribution in [3.63, 3.8) is 0 Å². The van der Waals surface area contributed by atoms with Crippen LogP contribution in [0.5, 0.6) is 0 Å². The van der Waals surface area contributed by atoms with Crippen LogP contribution in [0.1, 0.15) is 426 Å². The molecule has 0 bridgehead atoms. The molecule has 0 rings (SSSR count). The highest BCUT2D eigenvalue weighted by Gasteiger charge is 2.30. The molecule has 0 spiro atoms. The minimum absolute atomic E-state index is 0.103. The van der Waals surface area contributed by atoms with E-state index < -0.39 is 97.5 Å². The number of unbranched alkanes of at least 4 members (excludes halogenated alkanes) is 51. The predicted molar refractivity (Wildman–Crippen MR) is 405 cm³/mol. The molecule has 0 aromatic carbocycles. The van der Waals surface area contributed by atoms with Crippen molar-refractivity contribution in [2.45, 2.75) is 445 Å². The smallest absolute Gasteiger partial charge is 0.462 e. The Bertz CT molecular complexity index is 1890. The van der Waals surface area contributed by atoms with Gasteiger partial charge in [-0.05, 0) is 31.6 Å². The van der Waals surface area contributed by atoms with E-state index >= 15 is 0 Å². The second-order valence-electron chi connectivity index (χ2n) is 29.1. The second-order valence-corrected chi connectivity index (χ2v) is 32.0. The van der Waals surface area contributed by atoms with Crippen molar-refractivity contribution in [3.8, 4) is 0 Å². The van der Waals surface area contributed by atoms with Crippen molar-refractivity contribution in [2.75, 3.05) is 39.6 Å². The van der Waals surface area contributed by atoms with Gasteiger partial charge in [-0.15, -0.1) is 0 Å². The van der Waals surface area contributed by atoms with Crippen LogP contribution in [0.25, 0.3) is 0 Å². The number of ether oxygens (including phenoxy) is 4. The number of phosphoric ester groups is 2. The van der Waals surface area contributed by atoms with E-state index in [0.717, 1.165) is 102 Å². The molecule has 0 aromatic heterocycles. The molecule has 19 heteroatoms. The van der Waals surface area contributed by atoms with Gasteiger partial charge in [0.2, 0.25) is 0 Å². The minimum Gasteiger partial charge on any atom is -0.462 e. The summed E-state index contributed by atoms with van der Waals surface area (Å²) in [6.45, 7) is 7.16. The lowest BCUT2D eigenvalue weighted by Crippen LogP contribution is -2.30. The molecule has 17 nitrogen and oxygen atoms in total. The lowest BCUT2D eigenvalue weighted by Gasteiger charge is -2.21. The highest BCUT2D eigenvalue weighted by molar-refractivity contribution is 7.47. The van der Waals surface area contributed by atoms with Crippen LogP contribution in [0.15, 0.2) is 0 Å². The Morgan fingerprint density at radius 2 is 0.485 bits per heavy atom. The van der Waals surface area contributed by atoms with Crippen molar-refractivity contribution >= 4 is 39.5 Å². The number of aliphatic hydroxyl groups excluding tert-OH is 1. The van der Waals surface area contributed by atoms with Gasteiger partial charge in [0.1, 0.15) is 19.3 Å². The molecule has 0 aromatic rings. The van der Waals surface area contributed by atoms with E-state index in [4.69, 9.17) is 37.0 Å². The fourth-order valence-electron chi connectivity index (χ4n) is 12.4. The van der Waals surface area contributed by atoms with Crippen LogP contribution in [-0.4, -0.2) is 96.7 Å². The molecule has 588 valence electrons. The van der Waals surface area contributed by atoms with Gasteiger partial charge in [0.15, 0.2) is 12.2 Å². The first-order valence-electron chi connectivity index (χ1n) is 41.7. The van der Waals surface area contributed by atoms with Gasteiger partial charge in [0.05, 0.1) is 26.4 Å². The Hall–Kier alpha value is -1.94. The van der Waals surface area contributed by atoms with Gasteiger partial charge in [-0.2, -0.15) is 0 Å². The van der Waals surface area contributed by atoms with Gasteiger partial charge in [0.25, 0.3) is 0 Å². The summed E-state index contributed by atoms with van der Waals surface area (Å²) in [5, 5.41) is 10.6. The van der Waals surface area contributed by atoms with E-state index in [2.05, 4.69) is 34.6 Å². The van der Waals surface area contributed by atoms with E-state index in [0.29, 0.717) is 25.7 Å². The van der Waals surface area contributed by atoms with Gasteiger partial charge in [-0.3, -0.25) is 37.3 Å². The van der Waals surface area contributed by atoms with Crippen LogP contribution in [0, 0.1) is 5.92 Å². The van der Waals surface area contributed by atoms with Gasteiger partial charge in [-0.1, -0.05) is 375 Å². The van der Waals surface area contributed by atoms with Gasteiger partial charge < -0.3 is 33.8 Å². The predicted octanol–water partition coefficient (Wildman–Crippen LogP) is 24.0. The SMILES string of the molecule is CCCCCCCCCCCCCCCCCCCCCCCCC(=O)OC[C@H](COP(=O)(O)OC[C@@H](O)COP(=O)(O)OC[C@@H](COC(=O)CCCCCCC)OC(=O)CCCCCCCCC(C)CC)OC(=O)CCCCCCCCCCCCCCCCCCCCCCCC. The first kappa shape index (κ1) is 97.1. The summed E-state index contributed by atoms with van der Waals surface area (Å²) in [4.78, 5) is 72.6. The third kappa shape index (κ3) is 72.8. The Labute approximate surface area is 607 Å². The number of hydrogen-bond donors (Lipinski definition) is 3. The molecule has 0 aliphatic heterocycles. The van der Waals surface area contributed by atoms with Gasteiger partial charge in [-0.25, -0.2) is 9.13 Å². The largest absolute Gasteiger partial charge is 0.472 e. The van der Waals surface area contributed by atoms with Crippen LogP contribution in [0.3, 0.4) is 0 Å². The quantitative estimate of drug-likeness (QED) is 0.0222. The third-order valence-electron chi connectivity index (χ3n) is 19.1. The first-order valence-corrected chi connectivity index (χ1v) is 44.7. The van der Waals surface area contributed by atoms with E-state index in [1.54, 1.807) is 0 Å². The molecule has 0 aliphatic rings. The number of rotatable bonds is 80. The number of hydrogen-bond acceptors (Lipinski definition) is 15. The van der Waals surface area contributed by atoms with Crippen molar-refractivity contribution < 1.29 is 80.2 Å². The minimum atomic E-state index is -4.96. The molecule has 0 heterocycles. The molecule has 3 N–H and O–H groups in total. The van der Waals surface area contributed by atoms with E-state index in [1.807, 2.05) is 0 Å². The number of phosphoric acid groups is 2. The molecule has 0 fully saturated rings. The number of esters is 4. The Morgan fingerprint density at radius 3 is 0.717 bits per heavy atom. The zero-order chi connectivity index (χ0) is 72.7. The average molecular weight is 1450 g/mol. The lowest BCUT2D eigenvalue weighted by atomic mass is 10.00. The summed E-state index contributed by atoms with van der Waals surface area (Å²) in [5.41, 5.74) is 0. The summed E-state index contributed by atoms with van der Waals surface area (Å²) >= 11 is 0. The highest BCUT2D eigenvalue weighted by Crippen LogP contribution is 2.45. The zero-order valence-corrected chi connectivity index (χ0v) is 66.4. The normalized spacial score (nSPS) is 14.1. The Balaban J connectivity index is 5.07. The maximum atomic E-state index is 13.1. The van der Waals surface area contributed by atoms with Crippen LogP contribution in [-0.2, 0) is 65.4 Å². The van der Waals surface area contributed by atoms with Crippen LogP contribution in [0.4, 0.5) is 0 Å². The Kier molecular flexibility index (Phi) is 71.6. The Morgan fingerprint density at radius 1 is 0.283 bits per heavy atom. The standard InChI is InChI=1S/C80H156O17P2/c1-6-10-13-16-18-20-22-24-26-28-30-32-34-36-38-40-42-44-46-48-54-59-64-78(83)91-70-76(96-79(84)65-60-55-49-47-45-43-41-39-37-35-33-31-29-27-25-23-21-19-17-14-11-7-2)72-95-99(88,89)93-68-74(81)67-92-98(86,87)94-71-75(69-90-77(82)63-58-52-15-12-8-3)97-80(85)66-61-56-51-50-53-57-62-73(5)9-4/h73-76,81H,6-72H2,1-5H3,(H,86,87)(H,88,89)/t73?,74-,75+,76+/m0/s1. The average Bonchev–Trinajstić information content (AvgIpc) is 1.12. The molecular weight excluding hydrogens is 1290 g/mol. The number of carbonyl (C=O) groups excluding carboxylic acids is 4. The summed E-state index contributed by atoms with van der Waals surface area (Å²) in [7, 11) is -9.90. The van der Waals surface area contributed by atoms with Crippen molar-refractivity contribution in [1.82, 2.24) is 0 Å². The van der Waals surface area contributed by atoms with Gasteiger partial charge in [0, 0.05) is 25.7 Å². The maximum Gasteiger partial charge on any atom is 0.472 e. The molecule has 0 saturated carbocycles. The summed E-state index contributed by atoms with van der Waals surface area (Å²) in [5.74, 6) is -1.41. The fraction of sp³-hybridized carbons (Fsp3) is 0.950.